The Morgan fingerprint density at radius 1 is 1.42 bits per heavy atom. The first kappa shape index (κ1) is 8.60. The number of rotatable bonds is 2. The molecule has 0 atom stereocenters. The van der Waals surface area contributed by atoms with Crippen molar-refractivity contribution in [2.45, 2.75) is 0 Å². The van der Waals surface area contributed by atoms with E-state index in [0.29, 0.717) is 0 Å². The molecule has 1 aromatic rings. The van der Waals surface area contributed by atoms with E-state index in [1.165, 1.54) is 0 Å². The quantitative estimate of drug-likeness (QED) is 0.681. The summed E-state index contributed by atoms with van der Waals surface area (Å²) in [7, 11) is 1.90. The van der Waals surface area contributed by atoms with Crippen molar-refractivity contribution in [3.63, 3.8) is 0 Å². The van der Waals surface area contributed by atoms with E-state index in [9.17, 15) is 0 Å². The molecule has 0 aliphatic heterocycles. The minimum Gasteiger partial charge on any atom is -0.388 e. The van der Waals surface area contributed by atoms with Crippen LogP contribution in [0.25, 0.3) is 12.7 Å². The van der Waals surface area contributed by atoms with Gasteiger partial charge in [-0.05, 0) is 11.3 Å². The van der Waals surface area contributed by atoms with Crippen molar-refractivity contribution >= 4 is 18.3 Å². The molecule has 12 heavy (non-hydrogen) atoms. The number of allylic oxidation sites excluding steroid dienone is 1. The van der Waals surface area contributed by atoms with E-state index >= 15 is 0 Å². The summed E-state index contributed by atoms with van der Waals surface area (Å²) >= 11 is 0. The molecule has 1 rings (SSSR count). The fourth-order valence-electron chi connectivity index (χ4n) is 1.15. The number of benzene rings is 1. The highest BCUT2D eigenvalue weighted by Crippen LogP contribution is 1.92. The van der Waals surface area contributed by atoms with Gasteiger partial charge in [0.25, 0.3) is 0 Å². The largest absolute Gasteiger partial charge is 0.388 e. The van der Waals surface area contributed by atoms with Crippen LogP contribution in [-0.2, 0) is 0 Å². The third-order valence-corrected chi connectivity index (χ3v) is 1.75. The Hall–Kier alpha value is -1.50. The van der Waals surface area contributed by atoms with Gasteiger partial charge in [0.1, 0.15) is 0 Å². The van der Waals surface area contributed by atoms with Gasteiger partial charge in [0.05, 0.1) is 0 Å². The second kappa shape index (κ2) is 3.77. The van der Waals surface area contributed by atoms with Crippen LogP contribution in [0.4, 0.5) is 5.69 Å². The van der Waals surface area contributed by atoms with Gasteiger partial charge in [0, 0.05) is 18.0 Å². The van der Waals surface area contributed by atoms with Crippen molar-refractivity contribution in [1.82, 2.24) is 0 Å². The molecule has 0 aliphatic carbocycles. The zero-order chi connectivity index (χ0) is 8.97. The molecular formula is C11H13N. The number of anilines is 1. The number of hydrogen-bond donors (Lipinski definition) is 1. The summed E-state index contributed by atoms with van der Waals surface area (Å²) in [6.45, 7) is 7.59. The molecule has 1 nitrogen and oxygen atoms in total. The molecule has 0 fully saturated rings. The van der Waals surface area contributed by atoms with Gasteiger partial charge >= 0.3 is 0 Å². The van der Waals surface area contributed by atoms with Crippen LogP contribution < -0.4 is 15.8 Å². The van der Waals surface area contributed by atoms with Crippen molar-refractivity contribution in [1.29, 1.82) is 0 Å². The highest BCUT2D eigenvalue weighted by Gasteiger charge is 1.89. The molecule has 62 valence electrons. The number of hydrogen-bond acceptors (Lipinski definition) is 1. The second-order valence-corrected chi connectivity index (χ2v) is 2.53. The van der Waals surface area contributed by atoms with Crippen LogP contribution in [0.2, 0.25) is 0 Å². The topological polar surface area (TPSA) is 12.0 Å². The Morgan fingerprint density at radius 2 is 2.17 bits per heavy atom. The molecule has 0 radical (unpaired) electrons. The van der Waals surface area contributed by atoms with Crippen molar-refractivity contribution in [2.75, 3.05) is 12.4 Å². The standard InChI is InChI=1S/C11H13N/c1-4-6-10-9(2)7-5-8-11(10)12-3/h4-8,12H,1-2H2,3H3/b10-6+. The van der Waals surface area contributed by atoms with Crippen molar-refractivity contribution in [3.8, 4) is 0 Å². The highest BCUT2D eigenvalue weighted by atomic mass is 14.8. The second-order valence-electron chi connectivity index (χ2n) is 2.53. The van der Waals surface area contributed by atoms with Gasteiger partial charge in [-0.25, -0.2) is 0 Å². The van der Waals surface area contributed by atoms with E-state index in [1.807, 2.05) is 31.3 Å². The summed E-state index contributed by atoms with van der Waals surface area (Å²) in [6.07, 6.45) is 3.72. The van der Waals surface area contributed by atoms with E-state index in [4.69, 9.17) is 0 Å². The molecule has 0 spiro atoms. The molecule has 0 saturated carbocycles. The highest BCUT2D eigenvalue weighted by molar-refractivity contribution is 5.52. The van der Waals surface area contributed by atoms with Crippen molar-refractivity contribution in [2.24, 2.45) is 0 Å². The van der Waals surface area contributed by atoms with Crippen LogP contribution in [0, 0.1) is 0 Å². The lowest BCUT2D eigenvalue weighted by Gasteiger charge is -1.99. The normalized spacial score (nSPS) is 11.2. The summed E-state index contributed by atoms with van der Waals surface area (Å²) in [6, 6.07) is 5.98. The maximum atomic E-state index is 3.93. The van der Waals surface area contributed by atoms with Gasteiger partial charge in [-0.2, -0.15) is 0 Å². The van der Waals surface area contributed by atoms with E-state index in [1.54, 1.807) is 6.08 Å². The fourth-order valence-corrected chi connectivity index (χ4v) is 1.15. The number of nitrogens with one attached hydrogen (secondary N) is 1. The van der Waals surface area contributed by atoms with Crippen molar-refractivity contribution < 1.29 is 0 Å². The lowest BCUT2D eigenvalue weighted by atomic mass is 10.2. The zero-order valence-electron chi connectivity index (χ0n) is 7.30. The molecule has 1 heteroatoms. The van der Waals surface area contributed by atoms with Crippen LogP contribution in [-0.4, -0.2) is 7.05 Å². The summed E-state index contributed by atoms with van der Waals surface area (Å²) < 4.78 is 0. The van der Waals surface area contributed by atoms with Gasteiger partial charge in [0.2, 0.25) is 0 Å². The Labute approximate surface area is 72.7 Å². The molecule has 1 N–H and O–H groups in total. The van der Waals surface area contributed by atoms with E-state index in [2.05, 4.69) is 18.5 Å². The van der Waals surface area contributed by atoms with E-state index < -0.39 is 0 Å². The lowest BCUT2D eigenvalue weighted by molar-refractivity contribution is 1.44. The SMILES string of the molecule is C=C/C=c1/c(NC)cccc1=C. The van der Waals surface area contributed by atoms with Gasteiger partial charge in [0.15, 0.2) is 0 Å². The minimum absolute atomic E-state index is 1.02. The predicted octanol–water partition coefficient (Wildman–Crippen LogP) is 1.11. The average Bonchev–Trinajstić information content (AvgIpc) is 2.09. The van der Waals surface area contributed by atoms with E-state index in [-0.39, 0.29) is 0 Å². The lowest BCUT2D eigenvalue weighted by Crippen LogP contribution is -2.25. The van der Waals surface area contributed by atoms with Crippen molar-refractivity contribution in [3.05, 3.63) is 41.3 Å². The van der Waals surface area contributed by atoms with Crippen LogP contribution in [0.5, 0.6) is 0 Å². The van der Waals surface area contributed by atoms with Crippen LogP contribution >= 0.6 is 0 Å². The summed E-state index contributed by atoms with van der Waals surface area (Å²) in [5.41, 5.74) is 1.09. The molecule has 0 heterocycles. The van der Waals surface area contributed by atoms with Crippen LogP contribution in [0.1, 0.15) is 0 Å². The first-order valence-electron chi connectivity index (χ1n) is 3.88. The Kier molecular flexibility index (Phi) is 2.70. The first-order chi connectivity index (χ1) is 5.79. The van der Waals surface area contributed by atoms with Gasteiger partial charge < -0.3 is 5.32 Å². The van der Waals surface area contributed by atoms with E-state index in [0.717, 1.165) is 16.1 Å². The smallest absolute Gasteiger partial charge is 0.0417 e. The third kappa shape index (κ3) is 1.56. The first-order valence-corrected chi connectivity index (χ1v) is 3.88. The molecule has 0 unspecified atom stereocenters. The fraction of sp³-hybridized carbons (Fsp3) is 0.0909. The maximum Gasteiger partial charge on any atom is 0.0417 e. The molecule has 0 amide bonds. The molecule has 1 aromatic carbocycles. The summed E-state index contributed by atoms with van der Waals surface area (Å²) in [5.74, 6) is 0. The maximum absolute atomic E-state index is 3.93. The van der Waals surface area contributed by atoms with Crippen LogP contribution in [0.3, 0.4) is 0 Å². The average molecular weight is 159 g/mol. The van der Waals surface area contributed by atoms with Gasteiger partial charge in [-0.15, -0.1) is 0 Å². The predicted molar refractivity (Wildman–Crippen MR) is 55.4 cm³/mol. The summed E-state index contributed by atoms with van der Waals surface area (Å²) in [4.78, 5) is 0. The molecule has 0 saturated heterocycles. The minimum atomic E-state index is 1.02. The Morgan fingerprint density at radius 3 is 2.75 bits per heavy atom. The van der Waals surface area contributed by atoms with Gasteiger partial charge in [-0.3, -0.25) is 0 Å². The molecule has 0 aliphatic rings. The Balaban J connectivity index is 3.51. The third-order valence-electron chi connectivity index (χ3n) is 1.75. The summed E-state index contributed by atoms with van der Waals surface area (Å²) in [5, 5.41) is 5.22. The molecule has 0 aromatic heterocycles. The molecular weight excluding hydrogens is 146 g/mol. The molecule has 0 bridgehead atoms. The van der Waals surface area contributed by atoms with Gasteiger partial charge in [-0.1, -0.05) is 37.4 Å². The Bertz CT molecular complexity index is 376. The zero-order valence-corrected chi connectivity index (χ0v) is 7.30. The monoisotopic (exact) mass is 159 g/mol. The van der Waals surface area contributed by atoms with Crippen LogP contribution in [0.15, 0.2) is 30.9 Å².